The van der Waals surface area contributed by atoms with E-state index >= 15 is 0 Å². The van der Waals surface area contributed by atoms with E-state index in [0.717, 1.165) is 16.0 Å². The first-order valence-electron chi connectivity index (χ1n) is 7.53. The quantitative estimate of drug-likeness (QED) is 0.564. The summed E-state index contributed by atoms with van der Waals surface area (Å²) < 4.78 is 0. The number of carbonyl (C=O) groups excluding carboxylic acids is 2. The Hall–Kier alpha value is -2.98. The molecule has 1 aromatic heterocycles. The van der Waals surface area contributed by atoms with Gasteiger partial charge in [0.15, 0.2) is 0 Å². The molecule has 1 N–H and O–H groups in total. The predicted molar refractivity (Wildman–Crippen MR) is 96.5 cm³/mol. The van der Waals surface area contributed by atoms with E-state index in [1.54, 1.807) is 23.5 Å². The van der Waals surface area contributed by atoms with Gasteiger partial charge in [-0.05, 0) is 40.3 Å². The lowest BCUT2D eigenvalue weighted by Crippen LogP contribution is -2.36. The van der Waals surface area contributed by atoms with Crippen molar-refractivity contribution >= 4 is 34.8 Å². The summed E-state index contributed by atoms with van der Waals surface area (Å²) in [4.78, 5) is 25.2. The number of hydrogen-bond donors (Lipinski definition) is 1. The summed E-state index contributed by atoms with van der Waals surface area (Å²) in [7, 11) is 0. The first-order valence-corrected chi connectivity index (χ1v) is 8.41. The fraction of sp³-hybridized carbons (Fsp3) is 0. The number of rotatable bonds is 2. The molecule has 0 atom stereocenters. The van der Waals surface area contributed by atoms with E-state index in [2.05, 4.69) is 28.9 Å². The molecule has 116 valence electrons. The van der Waals surface area contributed by atoms with Gasteiger partial charge in [0.2, 0.25) is 0 Å². The summed E-state index contributed by atoms with van der Waals surface area (Å²) in [5, 5.41) is 4.47. The molecule has 24 heavy (non-hydrogen) atoms. The second-order valence-electron chi connectivity index (χ2n) is 5.49. The smallest absolute Gasteiger partial charge is 0.258 e. The van der Waals surface area contributed by atoms with Gasteiger partial charge in [-0.25, -0.2) is 0 Å². The molecule has 2 amide bonds. The summed E-state index contributed by atoms with van der Waals surface area (Å²) in [5.41, 5.74) is 3.99. The molecule has 1 aliphatic rings. The average Bonchev–Trinajstić information content (AvgIpc) is 3.08. The fourth-order valence-electron chi connectivity index (χ4n) is 2.77. The van der Waals surface area contributed by atoms with Gasteiger partial charge in [-0.1, -0.05) is 48.5 Å². The monoisotopic (exact) mass is 331 g/mol. The first-order chi connectivity index (χ1) is 11.7. The number of benzene rings is 2. The average molecular weight is 331 g/mol. The summed E-state index contributed by atoms with van der Waals surface area (Å²) in [6.07, 6.45) is 1.84. The van der Waals surface area contributed by atoms with E-state index in [1.807, 2.05) is 36.4 Å². The lowest BCUT2D eigenvalue weighted by molar-refractivity contribution is -0.114. The van der Waals surface area contributed by atoms with Crippen LogP contribution in [0, 0.1) is 0 Å². The molecule has 0 aliphatic carbocycles. The van der Waals surface area contributed by atoms with E-state index in [0.29, 0.717) is 16.7 Å². The van der Waals surface area contributed by atoms with Crippen molar-refractivity contribution in [2.45, 2.75) is 0 Å². The molecular formula is C20H13NO2S. The van der Waals surface area contributed by atoms with Gasteiger partial charge in [-0.15, -0.1) is 11.3 Å². The third kappa shape index (κ3) is 2.57. The highest BCUT2D eigenvalue weighted by Gasteiger charge is 2.26. The summed E-state index contributed by atoms with van der Waals surface area (Å²) in [5.74, 6) is -0.697. The topological polar surface area (TPSA) is 46.2 Å². The van der Waals surface area contributed by atoms with Crippen LogP contribution in [0.1, 0.15) is 20.8 Å². The van der Waals surface area contributed by atoms with Crippen molar-refractivity contribution in [3.8, 4) is 11.1 Å². The van der Waals surface area contributed by atoms with Crippen molar-refractivity contribution in [1.29, 1.82) is 0 Å². The summed E-state index contributed by atoms with van der Waals surface area (Å²) in [6.45, 7) is 0. The minimum Gasteiger partial charge on any atom is -0.288 e. The molecule has 3 aromatic rings. The zero-order valence-corrected chi connectivity index (χ0v) is 13.5. The maximum Gasteiger partial charge on any atom is 0.258 e. The van der Waals surface area contributed by atoms with Crippen molar-refractivity contribution in [3.05, 3.63) is 82.0 Å². The molecule has 1 aliphatic heterocycles. The highest BCUT2D eigenvalue weighted by molar-refractivity contribution is 7.11. The molecule has 4 heteroatoms. The van der Waals surface area contributed by atoms with Crippen molar-refractivity contribution < 1.29 is 9.59 Å². The van der Waals surface area contributed by atoms with E-state index in [1.165, 1.54) is 0 Å². The van der Waals surface area contributed by atoms with Crippen LogP contribution in [0.15, 0.2) is 66.0 Å². The SMILES string of the molecule is O=C1NC(=O)c2ccccc2/C1=C/c1cc(-c2ccccc2)cs1. The minimum absolute atomic E-state index is 0.344. The number of imide groups is 1. The molecule has 0 spiro atoms. The van der Waals surface area contributed by atoms with Crippen LogP contribution < -0.4 is 5.32 Å². The van der Waals surface area contributed by atoms with Crippen molar-refractivity contribution in [2.75, 3.05) is 0 Å². The van der Waals surface area contributed by atoms with Crippen LogP contribution in [0.2, 0.25) is 0 Å². The van der Waals surface area contributed by atoms with Gasteiger partial charge >= 0.3 is 0 Å². The molecule has 0 bridgehead atoms. The molecule has 4 rings (SSSR count). The Morgan fingerprint density at radius 3 is 2.29 bits per heavy atom. The van der Waals surface area contributed by atoms with Crippen LogP contribution in [0.5, 0.6) is 0 Å². The summed E-state index contributed by atoms with van der Waals surface area (Å²) >= 11 is 1.57. The lowest BCUT2D eigenvalue weighted by Gasteiger charge is -2.17. The van der Waals surface area contributed by atoms with Gasteiger partial charge in [0.1, 0.15) is 0 Å². The Morgan fingerprint density at radius 1 is 0.792 bits per heavy atom. The highest BCUT2D eigenvalue weighted by atomic mass is 32.1. The van der Waals surface area contributed by atoms with Crippen LogP contribution in [-0.4, -0.2) is 11.8 Å². The Labute approximate surface area is 143 Å². The molecule has 2 heterocycles. The fourth-order valence-corrected chi connectivity index (χ4v) is 3.62. The number of thiophene rings is 1. The first kappa shape index (κ1) is 14.6. The van der Waals surface area contributed by atoms with Crippen molar-refractivity contribution in [3.63, 3.8) is 0 Å². The largest absolute Gasteiger partial charge is 0.288 e. The van der Waals surface area contributed by atoms with E-state index < -0.39 is 0 Å². The zero-order valence-electron chi connectivity index (χ0n) is 12.7. The number of fused-ring (bicyclic) bond motifs is 1. The zero-order chi connectivity index (χ0) is 16.5. The molecule has 2 aromatic carbocycles. The summed E-state index contributed by atoms with van der Waals surface area (Å²) in [6, 6.07) is 19.3. The van der Waals surface area contributed by atoms with Gasteiger partial charge in [0, 0.05) is 16.0 Å². The van der Waals surface area contributed by atoms with Crippen molar-refractivity contribution in [2.24, 2.45) is 0 Å². The maximum atomic E-state index is 12.3. The minimum atomic E-state index is -0.353. The highest BCUT2D eigenvalue weighted by Crippen LogP contribution is 2.30. The molecular weight excluding hydrogens is 318 g/mol. The van der Waals surface area contributed by atoms with Gasteiger partial charge < -0.3 is 0 Å². The van der Waals surface area contributed by atoms with Crippen LogP contribution in [0.25, 0.3) is 22.8 Å². The second kappa shape index (κ2) is 5.91. The number of carbonyl (C=O) groups is 2. The Balaban J connectivity index is 1.76. The van der Waals surface area contributed by atoms with E-state index in [9.17, 15) is 9.59 Å². The van der Waals surface area contributed by atoms with Crippen LogP contribution in [0.4, 0.5) is 0 Å². The Bertz CT molecular complexity index is 970. The molecule has 0 saturated carbocycles. The Kier molecular flexibility index (Phi) is 3.59. The van der Waals surface area contributed by atoms with Gasteiger partial charge in [0.05, 0.1) is 0 Å². The normalized spacial score (nSPS) is 15.2. The molecule has 0 saturated heterocycles. The third-order valence-corrected chi connectivity index (χ3v) is 4.83. The molecule has 0 unspecified atom stereocenters. The van der Waals surface area contributed by atoms with Gasteiger partial charge in [0.25, 0.3) is 11.8 Å². The molecule has 0 radical (unpaired) electrons. The number of hydrogen-bond acceptors (Lipinski definition) is 3. The van der Waals surface area contributed by atoms with Gasteiger partial charge in [-0.2, -0.15) is 0 Å². The molecule has 3 nitrogen and oxygen atoms in total. The predicted octanol–water partition coefficient (Wildman–Crippen LogP) is 4.23. The number of nitrogens with one attached hydrogen (secondary N) is 1. The lowest BCUT2D eigenvalue weighted by atomic mass is 9.94. The second-order valence-corrected chi connectivity index (χ2v) is 6.43. The molecule has 0 fully saturated rings. The van der Waals surface area contributed by atoms with Crippen LogP contribution in [0.3, 0.4) is 0 Å². The third-order valence-electron chi connectivity index (χ3n) is 3.95. The van der Waals surface area contributed by atoms with Crippen molar-refractivity contribution in [1.82, 2.24) is 5.32 Å². The van der Waals surface area contributed by atoms with Crippen LogP contribution >= 0.6 is 11.3 Å². The standard InChI is InChI=1S/C20H13NO2S/c22-19-17-9-5-4-8-16(17)18(20(23)21-19)11-15-10-14(12-24-15)13-6-2-1-3-7-13/h1-12H,(H,21,22,23)/b18-11-. The van der Waals surface area contributed by atoms with Gasteiger partial charge in [-0.3, -0.25) is 14.9 Å². The Morgan fingerprint density at radius 2 is 1.50 bits per heavy atom. The van der Waals surface area contributed by atoms with E-state index in [-0.39, 0.29) is 11.8 Å². The van der Waals surface area contributed by atoms with E-state index in [4.69, 9.17) is 0 Å². The number of amides is 2. The van der Waals surface area contributed by atoms with Crippen LogP contribution in [-0.2, 0) is 4.79 Å². The maximum absolute atomic E-state index is 12.3.